The first-order chi connectivity index (χ1) is 9.06. The molecule has 0 aromatic heterocycles. The first-order valence-electron chi connectivity index (χ1n) is 7.33. The Morgan fingerprint density at radius 1 is 1.32 bits per heavy atom. The highest BCUT2D eigenvalue weighted by molar-refractivity contribution is 5.83. The molecular weight excluding hydrogens is 244 g/mol. The van der Waals surface area contributed by atoms with Crippen molar-refractivity contribution in [2.75, 3.05) is 6.54 Å². The first kappa shape index (κ1) is 14.2. The quantitative estimate of drug-likeness (QED) is 0.690. The number of nitrogens with one attached hydrogen (secondary N) is 2. The number of rotatable bonds is 6. The van der Waals surface area contributed by atoms with Crippen molar-refractivity contribution in [3.8, 4) is 0 Å². The molecule has 0 spiro atoms. The lowest BCUT2D eigenvalue weighted by Crippen LogP contribution is -2.49. The summed E-state index contributed by atoms with van der Waals surface area (Å²) in [6.07, 6.45) is 7.65. The summed E-state index contributed by atoms with van der Waals surface area (Å²) in [6.45, 7) is 2.82. The van der Waals surface area contributed by atoms with E-state index in [2.05, 4.69) is 17.6 Å². The molecule has 0 aliphatic heterocycles. The number of aliphatic carboxylic acids is 1. The van der Waals surface area contributed by atoms with Gasteiger partial charge in [-0.3, -0.25) is 0 Å². The standard InChI is InChI=1S/C14H24N2O3/c1-2-14(7-3-4-8-14)9-15-13(19)16-11(12(17)18)10-5-6-10/h10-11H,2-9H2,1H3,(H,17,18)(H2,15,16,19). The van der Waals surface area contributed by atoms with Crippen LogP contribution in [0.25, 0.3) is 0 Å². The topological polar surface area (TPSA) is 78.4 Å². The second-order valence-electron chi connectivity index (χ2n) is 6.04. The third kappa shape index (κ3) is 3.61. The molecule has 1 unspecified atom stereocenters. The lowest BCUT2D eigenvalue weighted by molar-refractivity contribution is -0.139. The summed E-state index contributed by atoms with van der Waals surface area (Å²) >= 11 is 0. The minimum Gasteiger partial charge on any atom is -0.480 e. The van der Waals surface area contributed by atoms with Gasteiger partial charge in [0.25, 0.3) is 0 Å². The maximum atomic E-state index is 11.8. The summed E-state index contributed by atoms with van der Waals surface area (Å²) in [5, 5.41) is 14.5. The first-order valence-corrected chi connectivity index (χ1v) is 7.33. The minimum absolute atomic E-state index is 0.120. The van der Waals surface area contributed by atoms with Gasteiger partial charge in [-0.1, -0.05) is 19.8 Å². The summed E-state index contributed by atoms with van der Waals surface area (Å²) in [7, 11) is 0. The van der Waals surface area contributed by atoms with Gasteiger partial charge in [0.1, 0.15) is 6.04 Å². The fraction of sp³-hybridized carbons (Fsp3) is 0.857. The number of urea groups is 1. The second-order valence-corrected chi connectivity index (χ2v) is 6.04. The van der Waals surface area contributed by atoms with Gasteiger partial charge in [0.2, 0.25) is 0 Å². The Bertz CT molecular complexity index is 347. The van der Waals surface area contributed by atoms with Crippen LogP contribution in [0.3, 0.4) is 0 Å². The predicted octanol–water partition coefficient (Wildman–Crippen LogP) is 2.12. The molecule has 0 bridgehead atoms. The van der Waals surface area contributed by atoms with Gasteiger partial charge >= 0.3 is 12.0 Å². The van der Waals surface area contributed by atoms with Gasteiger partial charge in [0.05, 0.1) is 0 Å². The zero-order valence-electron chi connectivity index (χ0n) is 11.6. The van der Waals surface area contributed by atoms with Gasteiger partial charge in [0, 0.05) is 6.54 Å². The molecule has 3 N–H and O–H groups in total. The molecule has 2 saturated carbocycles. The number of carbonyl (C=O) groups excluding carboxylic acids is 1. The Labute approximate surface area is 114 Å². The van der Waals surface area contributed by atoms with Crippen LogP contribution < -0.4 is 10.6 Å². The van der Waals surface area contributed by atoms with E-state index in [1.54, 1.807) is 0 Å². The monoisotopic (exact) mass is 268 g/mol. The van der Waals surface area contributed by atoms with Crippen LogP contribution in [0.2, 0.25) is 0 Å². The Morgan fingerprint density at radius 2 is 1.95 bits per heavy atom. The van der Waals surface area contributed by atoms with Gasteiger partial charge in [-0.2, -0.15) is 0 Å². The molecule has 0 heterocycles. The highest BCUT2D eigenvalue weighted by Gasteiger charge is 2.38. The van der Waals surface area contributed by atoms with E-state index >= 15 is 0 Å². The number of carbonyl (C=O) groups is 2. The molecule has 0 aromatic rings. The molecule has 2 aliphatic rings. The van der Waals surface area contributed by atoms with E-state index in [0.717, 1.165) is 32.1 Å². The Hall–Kier alpha value is -1.26. The van der Waals surface area contributed by atoms with Crippen molar-refractivity contribution in [3.05, 3.63) is 0 Å². The number of hydrogen-bond donors (Lipinski definition) is 3. The van der Waals surface area contributed by atoms with Crippen LogP contribution in [0.1, 0.15) is 51.9 Å². The van der Waals surface area contributed by atoms with E-state index in [-0.39, 0.29) is 17.4 Å². The lowest BCUT2D eigenvalue weighted by atomic mass is 9.83. The summed E-state index contributed by atoms with van der Waals surface area (Å²) in [5.74, 6) is -0.807. The third-order valence-corrected chi connectivity index (χ3v) is 4.68. The molecule has 0 saturated heterocycles. The van der Waals surface area contributed by atoms with Gasteiger partial charge in [-0.25, -0.2) is 9.59 Å². The van der Waals surface area contributed by atoms with Crippen molar-refractivity contribution in [1.29, 1.82) is 0 Å². The highest BCUT2D eigenvalue weighted by Crippen LogP contribution is 2.40. The van der Waals surface area contributed by atoms with Crippen LogP contribution in [0.4, 0.5) is 4.79 Å². The Kier molecular flexibility index (Phi) is 4.32. The number of hydrogen-bond acceptors (Lipinski definition) is 2. The largest absolute Gasteiger partial charge is 0.480 e. The van der Waals surface area contributed by atoms with Crippen LogP contribution in [-0.2, 0) is 4.79 Å². The van der Waals surface area contributed by atoms with Crippen molar-refractivity contribution in [1.82, 2.24) is 10.6 Å². The van der Waals surface area contributed by atoms with Crippen LogP contribution in [0.15, 0.2) is 0 Å². The van der Waals surface area contributed by atoms with Gasteiger partial charge < -0.3 is 15.7 Å². The van der Waals surface area contributed by atoms with E-state index in [9.17, 15) is 9.59 Å². The van der Waals surface area contributed by atoms with Crippen molar-refractivity contribution in [2.24, 2.45) is 11.3 Å². The van der Waals surface area contributed by atoms with E-state index in [4.69, 9.17) is 5.11 Å². The molecule has 1 atom stereocenters. The van der Waals surface area contributed by atoms with E-state index in [1.807, 2.05) is 0 Å². The maximum absolute atomic E-state index is 11.8. The van der Waals surface area contributed by atoms with E-state index in [1.165, 1.54) is 12.8 Å². The zero-order valence-corrected chi connectivity index (χ0v) is 11.6. The molecule has 0 aromatic carbocycles. The van der Waals surface area contributed by atoms with Crippen LogP contribution in [0, 0.1) is 11.3 Å². The van der Waals surface area contributed by atoms with Crippen LogP contribution in [0.5, 0.6) is 0 Å². The second kappa shape index (κ2) is 5.80. The lowest BCUT2D eigenvalue weighted by Gasteiger charge is -2.28. The van der Waals surface area contributed by atoms with E-state index in [0.29, 0.717) is 6.54 Å². The predicted molar refractivity (Wildman–Crippen MR) is 71.9 cm³/mol. The fourth-order valence-electron chi connectivity index (χ4n) is 3.05. The fourth-order valence-corrected chi connectivity index (χ4v) is 3.05. The Balaban J connectivity index is 1.78. The average Bonchev–Trinajstić information content (AvgIpc) is 3.11. The molecule has 5 heteroatoms. The summed E-state index contributed by atoms with van der Waals surface area (Å²) < 4.78 is 0. The molecule has 0 radical (unpaired) electrons. The molecule has 2 fully saturated rings. The third-order valence-electron chi connectivity index (χ3n) is 4.68. The average molecular weight is 268 g/mol. The summed E-state index contributed by atoms with van der Waals surface area (Å²) in [6, 6.07) is -1.06. The number of carboxylic acids is 1. The molecule has 2 rings (SSSR count). The van der Waals surface area contributed by atoms with E-state index < -0.39 is 12.0 Å². The number of carboxylic acid groups (broad SMARTS) is 1. The zero-order chi connectivity index (χ0) is 13.9. The van der Waals surface area contributed by atoms with Crippen LogP contribution in [-0.4, -0.2) is 29.7 Å². The minimum atomic E-state index is -0.927. The van der Waals surface area contributed by atoms with Gasteiger partial charge in [-0.15, -0.1) is 0 Å². The smallest absolute Gasteiger partial charge is 0.326 e. The molecule has 2 amide bonds. The van der Waals surface area contributed by atoms with Crippen molar-refractivity contribution < 1.29 is 14.7 Å². The summed E-state index contributed by atoms with van der Waals surface area (Å²) in [5.41, 5.74) is 0.232. The molecule has 19 heavy (non-hydrogen) atoms. The molecule has 5 nitrogen and oxygen atoms in total. The summed E-state index contributed by atoms with van der Waals surface area (Å²) in [4.78, 5) is 22.9. The van der Waals surface area contributed by atoms with Gasteiger partial charge in [0.15, 0.2) is 0 Å². The maximum Gasteiger partial charge on any atom is 0.326 e. The molecular formula is C14H24N2O3. The SMILES string of the molecule is CCC1(CNC(=O)NC(C(=O)O)C2CC2)CCCC1. The van der Waals surface area contributed by atoms with Crippen molar-refractivity contribution in [2.45, 2.75) is 57.9 Å². The molecule has 108 valence electrons. The van der Waals surface area contributed by atoms with Crippen LogP contribution >= 0.6 is 0 Å². The van der Waals surface area contributed by atoms with Crippen molar-refractivity contribution in [3.63, 3.8) is 0 Å². The normalized spacial score (nSPS) is 22.8. The van der Waals surface area contributed by atoms with Crippen molar-refractivity contribution >= 4 is 12.0 Å². The Morgan fingerprint density at radius 3 is 2.42 bits per heavy atom. The van der Waals surface area contributed by atoms with Gasteiger partial charge in [-0.05, 0) is 43.4 Å². The molecule has 2 aliphatic carbocycles. The highest BCUT2D eigenvalue weighted by atomic mass is 16.4. The number of amides is 2.